The summed E-state index contributed by atoms with van der Waals surface area (Å²) in [5.41, 5.74) is 0.713. The van der Waals surface area contributed by atoms with Crippen molar-refractivity contribution in [3.8, 4) is 6.07 Å². The monoisotopic (exact) mass is 133 g/mol. The van der Waals surface area contributed by atoms with Gasteiger partial charge >= 0.3 is 0 Å². The first kappa shape index (κ1) is 6.76. The molecule has 0 radical (unpaired) electrons. The van der Waals surface area contributed by atoms with Crippen LogP contribution in [0.3, 0.4) is 0 Å². The molecule has 0 unspecified atom stereocenters. The Kier molecular flexibility index (Phi) is 2.01. The van der Waals surface area contributed by atoms with Crippen molar-refractivity contribution in [2.45, 2.75) is 13.5 Å². The van der Waals surface area contributed by atoms with E-state index in [1.165, 1.54) is 0 Å². The van der Waals surface area contributed by atoms with Crippen molar-refractivity contribution in [1.29, 1.82) is 5.26 Å². The first-order chi connectivity index (χ1) is 4.86. The zero-order chi connectivity index (χ0) is 7.40. The van der Waals surface area contributed by atoms with E-state index in [0.717, 1.165) is 6.54 Å². The topological polar surface area (TPSA) is 27.7 Å². The molecule has 50 valence electrons. The summed E-state index contributed by atoms with van der Waals surface area (Å²) >= 11 is 0. The van der Waals surface area contributed by atoms with Crippen molar-refractivity contribution in [2.24, 2.45) is 0 Å². The first-order valence-corrected chi connectivity index (χ1v) is 3.26. The third-order valence-electron chi connectivity index (χ3n) is 1.39. The van der Waals surface area contributed by atoms with Gasteiger partial charge < -0.3 is 0 Å². The van der Waals surface area contributed by atoms with E-state index in [1.807, 2.05) is 29.1 Å². The number of rotatable bonds is 1. The molecule has 0 N–H and O–H groups in total. The van der Waals surface area contributed by atoms with Gasteiger partial charge in [0.15, 0.2) is 12.4 Å². The van der Waals surface area contributed by atoms with Crippen LogP contribution < -0.4 is 4.57 Å². The highest BCUT2D eigenvalue weighted by Crippen LogP contribution is 1.89. The molecule has 0 fully saturated rings. The lowest BCUT2D eigenvalue weighted by Crippen LogP contribution is -2.30. The van der Waals surface area contributed by atoms with Gasteiger partial charge in [-0.2, -0.15) is 5.26 Å². The molecule has 1 heterocycles. The molecule has 0 aliphatic carbocycles. The maximum absolute atomic E-state index is 8.44. The second-order valence-electron chi connectivity index (χ2n) is 2.03. The molecular weight excluding hydrogens is 124 g/mol. The molecule has 0 aromatic carbocycles. The molecule has 0 bridgehead atoms. The van der Waals surface area contributed by atoms with E-state index in [-0.39, 0.29) is 0 Å². The number of nitrogens with zero attached hydrogens (tertiary/aromatic N) is 2. The van der Waals surface area contributed by atoms with Crippen LogP contribution in [0.2, 0.25) is 0 Å². The van der Waals surface area contributed by atoms with Crippen LogP contribution in [0.25, 0.3) is 0 Å². The molecule has 1 aromatic heterocycles. The number of hydrogen-bond acceptors (Lipinski definition) is 1. The highest BCUT2D eigenvalue weighted by atomic mass is 14.9. The molecular formula is C8H9N2+. The molecule has 0 aliphatic heterocycles. The summed E-state index contributed by atoms with van der Waals surface area (Å²) in [6.45, 7) is 3.01. The van der Waals surface area contributed by atoms with Crippen molar-refractivity contribution in [1.82, 2.24) is 0 Å². The summed E-state index contributed by atoms with van der Waals surface area (Å²) in [5.74, 6) is 0. The summed E-state index contributed by atoms with van der Waals surface area (Å²) in [6.07, 6.45) is 3.80. The maximum Gasteiger partial charge on any atom is 0.170 e. The number of pyridine rings is 1. The average Bonchev–Trinajstić information content (AvgIpc) is 2.05. The minimum atomic E-state index is 0.713. The van der Waals surface area contributed by atoms with E-state index in [0.29, 0.717) is 5.56 Å². The molecule has 0 saturated carbocycles. The Morgan fingerprint density at radius 1 is 1.50 bits per heavy atom. The van der Waals surface area contributed by atoms with Crippen LogP contribution in [-0.2, 0) is 6.54 Å². The van der Waals surface area contributed by atoms with Crippen molar-refractivity contribution in [3.63, 3.8) is 0 Å². The van der Waals surface area contributed by atoms with E-state index in [4.69, 9.17) is 5.26 Å². The molecule has 1 aromatic rings. The van der Waals surface area contributed by atoms with Crippen LogP contribution in [0.1, 0.15) is 12.5 Å². The quantitative estimate of drug-likeness (QED) is 0.522. The van der Waals surface area contributed by atoms with Crippen LogP contribution in [-0.4, -0.2) is 0 Å². The second kappa shape index (κ2) is 2.98. The molecule has 2 nitrogen and oxygen atoms in total. The third kappa shape index (κ3) is 1.32. The third-order valence-corrected chi connectivity index (χ3v) is 1.39. The van der Waals surface area contributed by atoms with Gasteiger partial charge in [0.05, 0.1) is 11.6 Å². The number of nitriles is 1. The summed E-state index contributed by atoms with van der Waals surface area (Å²) < 4.78 is 2.01. The van der Waals surface area contributed by atoms with Gasteiger partial charge in [-0.15, -0.1) is 0 Å². The van der Waals surface area contributed by atoms with E-state index in [1.54, 1.807) is 0 Å². The van der Waals surface area contributed by atoms with Gasteiger partial charge in [0.2, 0.25) is 0 Å². The predicted octanol–water partition coefficient (Wildman–Crippen LogP) is 0.866. The highest BCUT2D eigenvalue weighted by molar-refractivity contribution is 5.23. The van der Waals surface area contributed by atoms with Crippen molar-refractivity contribution in [3.05, 3.63) is 30.1 Å². The normalized spacial score (nSPS) is 8.80. The Hall–Kier alpha value is -1.36. The van der Waals surface area contributed by atoms with E-state index in [9.17, 15) is 0 Å². The Labute approximate surface area is 60.3 Å². The molecule has 0 amide bonds. The minimum Gasteiger partial charge on any atom is -0.205 e. The summed E-state index contributed by atoms with van der Waals surface area (Å²) in [6, 6.07) is 5.68. The maximum atomic E-state index is 8.44. The van der Waals surface area contributed by atoms with Crippen LogP contribution in [0.4, 0.5) is 0 Å². The van der Waals surface area contributed by atoms with Gasteiger partial charge in [0.25, 0.3) is 0 Å². The van der Waals surface area contributed by atoms with Gasteiger partial charge in [0, 0.05) is 12.1 Å². The smallest absolute Gasteiger partial charge is 0.170 e. The van der Waals surface area contributed by atoms with Crippen molar-refractivity contribution >= 4 is 0 Å². The zero-order valence-electron chi connectivity index (χ0n) is 5.91. The van der Waals surface area contributed by atoms with Crippen molar-refractivity contribution < 1.29 is 4.57 Å². The van der Waals surface area contributed by atoms with Crippen LogP contribution in [0.15, 0.2) is 24.5 Å². The van der Waals surface area contributed by atoms with Gasteiger partial charge in [0.1, 0.15) is 6.54 Å². The molecule has 10 heavy (non-hydrogen) atoms. The lowest BCUT2D eigenvalue weighted by Gasteiger charge is -1.88. The second-order valence-corrected chi connectivity index (χ2v) is 2.03. The Balaban J connectivity index is 2.93. The lowest BCUT2D eigenvalue weighted by molar-refractivity contribution is -0.693. The van der Waals surface area contributed by atoms with Gasteiger partial charge in [-0.05, 0) is 6.92 Å². The fraction of sp³-hybridized carbons (Fsp3) is 0.250. The zero-order valence-corrected chi connectivity index (χ0v) is 5.91. The number of hydrogen-bond donors (Lipinski definition) is 0. The number of aryl methyl sites for hydroxylation is 1. The van der Waals surface area contributed by atoms with Crippen LogP contribution in [0.5, 0.6) is 0 Å². The molecule has 0 spiro atoms. The predicted molar refractivity (Wildman–Crippen MR) is 37.0 cm³/mol. The van der Waals surface area contributed by atoms with Crippen LogP contribution in [0, 0.1) is 11.3 Å². The molecule has 0 atom stereocenters. The van der Waals surface area contributed by atoms with E-state index < -0.39 is 0 Å². The number of aromatic nitrogens is 1. The van der Waals surface area contributed by atoms with Gasteiger partial charge in [-0.3, -0.25) is 0 Å². The first-order valence-electron chi connectivity index (χ1n) is 3.26. The fourth-order valence-corrected chi connectivity index (χ4v) is 0.743. The van der Waals surface area contributed by atoms with Crippen LogP contribution >= 0.6 is 0 Å². The van der Waals surface area contributed by atoms with E-state index in [2.05, 4.69) is 13.0 Å². The Morgan fingerprint density at radius 2 is 2.10 bits per heavy atom. The summed E-state index contributed by atoms with van der Waals surface area (Å²) in [4.78, 5) is 0. The molecule has 1 rings (SSSR count). The standard InChI is InChI=1S/C8H9N2/c1-2-10-5-3-8(7-9)4-6-10/h3-6H,2H2,1H3/q+1. The summed E-state index contributed by atoms with van der Waals surface area (Å²) in [7, 11) is 0. The largest absolute Gasteiger partial charge is 0.205 e. The highest BCUT2D eigenvalue weighted by Gasteiger charge is 1.94. The SMILES string of the molecule is CC[n+]1ccc(C#N)cc1. The Bertz CT molecular complexity index is 243. The fourth-order valence-electron chi connectivity index (χ4n) is 0.743. The summed E-state index contributed by atoms with van der Waals surface area (Å²) in [5, 5.41) is 8.44. The Morgan fingerprint density at radius 3 is 2.50 bits per heavy atom. The van der Waals surface area contributed by atoms with E-state index >= 15 is 0 Å². The average molecular weight is 133 g/mol. The molecule has 0 aliphatic rings. The van der Waals surface area contributed by atoms with Gasteiger partial charge in [-0.1, -0.05) is 0 Å². The van der Waals surface area contributed by atoms with Crippen molar-refractivity contribution in [2.75, 3.05) is 0 Å². The molecule has 0 saturated heterocycles. The molecule has 2 heteroatoms. The minimum absolute atomic E-state index is 0.713. The van der Waals surface area contributed by atoms with Gasteiger partial charge in [-0.25, -0.2) is 4.57 Å². The lowest BCUT2D eigenvalue weighted by atomic mass is 10.3.